The number of nitrogens with two attached hydrogens (primary N) is 1. The number of benzene rings is 1. The Bertz CT molecular complexity index is 466. The molecule has 98 valence electrons. The normalized spacial score (nSPS) is 11.5. The van der Waals surface area contributed by atoms with Crippen LogP contribution < -0.4 is 16.4 Å². The Morgan fingerprint density at radius 3 is 2.72 bits per heavy atom. The average Bonchev–Trinajstić information content (AvgIpc) is 2.31. The van der Waals surface area contributed by atoms with Crippen LogP contribution in [0.15, 0.2) is 23.1 Å². The van der Waals surface area contributed by atoms with Gasteiger partial charge in [0.25, 0.3) is 0 Å². The summed E-state index contributed by atoms with van der Waals surface area (Å²) in [4.78, 5) is 11.5. The number of carbonyl (C=O) groups is 1. The van der Waals surface area contributed by atoms with Gasteiger partial charge in [-0.15, -0.1) is 0 Å². The van der Waals surface area contributed by atoms with Crippen molar-refractivity contribution in [1.29, 1.82) is 0 Å². The molecule has 0 fully saturated rings. The highest BCUT2D eigenvalue weighted by Gasteiger charge is 2.09. The van der Waals surface area contributed by atoms with Crippen LogP contribution in [0.5, 0.6) is 0 Å². The van der Waals surface area contributed by atoms with E-state index < -0.39 is 17.3 Å². The molecule has 0 heterocycles. The minimum absolute atomic E-state index is 0.0684. The van der Waals surface area contributed by atoms with Crippen molar-refractivity contribution in [3.8, 4) is 0 Å². The lowest BCUT2D eigenvalue weighted by Crippen LogP contribution is -2.34. The van der Waals surface area contributed by atoms with Crippen molar-refractivity contribution in [2.24, 2.45) is 0 Å². The van der Waals surface area contributed by atoms with Crippen LogP contribution in [-0.2, 0) is 15.9 Å². The van der Waals surface area contributed by atoms with Crippen molar-refractivity contribution >= 4 is 46.0 Å². The van der Waals surface area contributed by atoms with Crippen molar-refractivity contribution in [3.05, 3.63) is 18.2 Å². The molecule has 1 rings (SSSR count). The molecular weight excluding hydrogens is 274 g/mol. The van der Waals surface area contributed by atoms with Crippen LogP contribution >= 0.6 is 12.2 Å². The predicted molar refractivity (Wildman–Crippen MR) is 74.9 cm³/mol. The molecule has 1 aromatic rings. The Morgan fingerprint density at radius 2 is 2.22 bits per heavy atom. The van der Waals surface area contributed by atoms with Crippen molar-refractivity contribution < 1.29 is 14.1 Å². The smallest absolute Gasteiger partial charge is 0.413 e. The second kappa shape index (κ2) is 6.43. The summed E-state index contributed by atoms with van der Waals surface area (Å²) in [6.45, 7) is 0. The topological polar surface area (TPSA) is 99.4 Å². The maximum absolute atomic E-state index is 11.3. The quantitative estimate of drug-likeness (QED) is 0.427. The van der Waals surface area contributed by atoms with E-state index in [9.17, 15) is 9.35 Å². The first kappa shape index (κ1) is 14.6. The van der Waals surface area contributed by atoms with Gasteiger partial charge in [0.1, 0.15) is 6.26 Å². The van der Waals surface area contributed by atoms with Gasteiger partial charge in [0.2, 0.25) is 0 Å². The molecule has 0 spiro atoms. The van der Waals surface area contributed by atoms with E-state index in [1.807, 2.05) is 0 Å². The summed E-state index contributed by atoms with van der Waals surface area (Å²) in [5.74, 6) is 0. The second-order valence-electron chi connectivity index (χ2n) is 3.27. The summed E-state index contributed by atoms with van der Waals surface area (Å²) >= 11 is 3.78. The van der Waals surface area contributed by atoms with Crippen LogP contribution in [0.1, 0.15) is 0 Å². The molecule has 0 aliphatic heterocycles. The minimum Gasteiger partial charge on any atom is -0.612 e. The van der Waals surface area contributed by atoms with Crippen molar-refractivity contribution in [1.82, 2.24) is 5.32 Å². The van der Waals surface area contributed by atoms with Gasteiger partial charge < -0.3 is 20.3 Å². The highest BCUT2D eigenvalue weighted by Crippen LogP contribution is 2.22. The van der Waals surface area contributed by atoms with Gasteiger partial charge in [-0.3, -0.25) is 5.32 Å². The minimum atomic E-state index is -1.10. The summed E-state index contributed by atoms with van der Waals surface area (Å²) in [5.41, 5.74) is 6.68. The number of nitrogens with one attached hydrogen (secondary N) is 2. The number of alkyl carbamates (subject to hydrolysis) is 1. The molecule has 1 amide bonds. The molecule has 4 N–H and O–H groups in total. The zero-order valence-corrected chi connectivity index (χ0v) is 11.5. The van der Waals surface area contributed by atoms with Gasteiger partial charge in [0.05, 0.1) is 18.5 Å². The molecule has 0 bridgehead atoms. The Morgan fingerprint density at radius 1 is 1.56 bits per heavy atom. The van der Waals surface area contributed by atoms with E-state index in [0.29, 0.717) is 16.3 Å². The van der Waals surface area contributed by atoms with Crippen LogP contribution in [-0.4, -0.2) is 29.1 Å². The standard InChI is InChI=1S/C10H13N3O3S2/c1-16-10(14)13-9(17)12-8-4-3-6(18(2)15)5-7(8)11/h3-5H,11H2,1-2H3,(H2,12,13,14,17). The maximum atomic E-state index is 11.3. The molecule has 8 heteroatoms. The van der Waals surface area contributed by atoms with Crippen LogP contribution in [0.2, 0.25) is 0 Å². The number of carbonyl (C=O) groups excluding carboxylic acids is 1. The third kappa shape index (κ3) is 4.06. The third-order valence-electron chi connectivity index (χ3n) is 2.00. The maximum Gasteiger partial charge on any atom is 0.413 e. The highest BCUT2D eigenvalue weighted by molar-refractivity contribution is 7.90. The van der Waals surface area contributed by atoms with Crippen molar-refractivity contribution in [2.45, 2.75) is 4.90 Å². The Kier molecular flexibility index (Phi) is 5.20. The number of thiocarbonyl (C=S) groups is 1. The number of anilines is 2. The molecule has 6 nitrogen and oxygen atoms in total. The molecule has 0 saturated carbocycles. The van der Waals surface area contributed by atoms with E-state index in [-0.39, 0.29) is 5.11 Å². The lowest BCUT2D eigenvalue weighted by atomic mass is 10.3. The van der Waals surface area contributed by atoms with Crippen LogP contribution in [0.25, 0.3) is 0 Å². The zero-order valence-electron chi connectivity index (χ0n) is 9.85. The van der Waals surface area contributed by atoms with E-state index in [2.05, 4.69) is 15.4 Å². The lowest BCUT2D eigenvalue weighted by Gasteiger charge is -2.12. The van der Waals surface area contributed by atoms with Gasteiger partial charge in [-0.25, -0.2) is 4.79 Å². The fourth-order valence-electron chi connectivity index (χ4n) is 1.13. The zero-order chi connectivity index (χ0) is 13.7. The summed E-state index contributed by atoms with van der Waals surface area (Å²) in [5, 5.41) is 5.09. The molecule has 1 atom stereocenters. The fourth-order valence-corrected chi connectivity index (χ4v) is 1.88. The number of rotatable bonds is 2. The number of methoxy groups -OCH3 is 1. The van der Waals surface area contributed by atoms with E-state index in [0.717, 1.165) is 0 Å². The Labute approximate surface area is 113 Å². The highest BCUT2D eigenvalue weighted by atomic mass is 32.2. The van der Waals surface area contributed by atoms with E-state index in [1.54, 1.807) is 24.5 Å². The van der Waals surface area contributed by atoms with Crippen LogP contribution in [0.4, 0.5) is 16.2 Å². The molecule has 1 aromatic carbocycles. The Hall–Kier alpha value is -1.51. The first-order valence-electron chi connectivity index (χ1n) is 4.83. The van der Waals surface area contributed by atoms with Crippen molar-refractivity contribution in [2.75, 3.05) is 24.4 Å². The number of hydrogen-bond donors (Lipinski definition) is 3. The SMILES string of the molecule is COC(=O)NC(=S)Nc1ccc([S+](C)[O-])cc1N. The van der Waals surface area contributed by atoms with E-state index >= 15 is 0 Å². The van der Waals surface area contributed by atoms with Crippen molar-refractivity contribution in [3.63, 3.8) is 0 Å². The van der Waals surface area contributed by atoms with Gasteiger partial charge in [-0.1, -0.05) is 0 Å². The first-order valence-corrected chi connectivity index (χ1v) is 6.79. The van der Waals surface area contributed by atoms with Gasteiger partial charge in [0.15, 0.2) is 10.0 Å². The molecule has 0 radical (unpaired) electrons. The second-order valence-corrected chi connectivity index (χ2v) is 5.06. The van der Waals surface area contributed by atoms with Gasteiger partial charge in [0, 0.05) is 6.07 Å². The van der Waals surface area contributed by atoms with Gasteiger partial charge in [-0.2, -0.15) is 0 Å². The van der Waals surface area contributed by atoms with Crippen LogP contribution in [0, 0.1) is 0 Å². The van der Waals surface area contributed by atoms with Crippen LogP contribution in [0.3, 0.4) is 0 Å². The predicted octanol–water partition coefficient (Wildman–Crippen LogP) is 1.06. The van der Waals surface area contributed by atoms with Gasteiger partial charge >= 0.3 is 6.09 Å². The van der Waals surface area contributed by atoms with E-state index in [1.165, 1.54) is 7.11 Å². The Balaban J connectivity index is 2.74. The average molecular weight is 287 g/mol. The molecule has 0 aliphatic rings. The van der Waals surface area contributed by atoms with Gasteiger partial charge in [-0.05, 0) is 35.5 Å². The number of hydrogen-bond acceptors (Lipinski definition) is 5. The molecule has 0 aromatic heterocycles. The largest absolute Gasteiger partial charge is 0.612 e. The molecular formula is C10H13N3O3S2. The van der Waals surface area contributed by atoms with E-state index in [4.69, 9.17) is 18.0 Å². The number of nitrogen functional groups attached to an aromatic ring is 1. The number of amides is 1. The fraction of sp³-hybridized carbons (Fsp3) is 0.200. The molecule has 18 heavy (non-hydrogen) atoms. The molecule has 0 aliphatic carbocycles. The lowest BCUT2D eigenvalue weighted by molar-refractivity contribution is 0.177. The molecule has 1 unspecified atom stereocenters. The summed E-state index contributed by atoms with van der Waals surface area (Å²) in [7, 11) is 1.23. The third-order valence-corrected chi connectivity index (χ3v) is 3.13. The first-order chi connectivity index (χ1) is 8.43. The summed E-state index contributed by atoms with van der Waals surface area (Å²) in [6, 6.07) is 4.88. The monoisotopic (exact) mass is 287 g/mol. The number of ether oxygens (including phenoxy) is 1. The summed E-state index contributed by atoms with van der Waals surface area (Å²) in [6.07, 6.45) is 0.892. The molecule has 0 saturated heterocycles. The summed E-state index contributed by atoms with van der Waals surface area (Å²) < 4.78 is 15.6.